The highest BCUT2D eigenvalue weighted by Gasteiger charge is 2.15. The van der Waals surface area contributed by atoms with Crippen molar-refractivity contribution in [3.63, 3.8) is 0 Å². The Hall–Kier alpha value is -4.23. The summed E-state index contributed by atoms with van der Waals surface area (Å²) < 4.78 is 5.80. The summed E-state index contributed by atoms with van der Waals surface area (Å²) in [7, 11) is 0. The van der Waals surface area contributed by atoms with Gasteiger partial charge in [-0.15, -0.1) is 0 Å². The summed E-state index contributed by atoms with van der Waals surface area (Å²) in [5, 5.41) is 18.1. The van der Waals surface area contributed by atoms with Crippen molar-refractivity contribution in [3.05, 3.63) is 90.0 Å². The number of anilines is 1. The number of rotatable bonds is 3. The van der Waals surface area contributed by atoms with Gasteiger partial charge in [0.2, 0.25) is 5.89 Å². The highest BCUT2D eigenvalue weighted by molar-refractivity contribution is 7.80. The van der Waals surface area contributed by atoms with Gasteiger partial charge in [-0.2, -0.15) is 0 Å². The summed E-state index contributed by atoms with van der Waals surface area (Å²) in [6.07, 6.45) is 0. The minimum absolute atomic E-state index is 0.0218. The lowest BCUT2D eigenvalue weighted by Gasteiger charge is -2.12. The third kappa shape index (κ3) is 4.14. The molecule has 1 heterocycles. The Balaban J connectivity index is 1.32. The lowest BCUT2D eigenvalue weighted by Crippen LogP contribution is -2.34. The number of benzene rings is 4. The molecule has 1 amide bonds. The van der Waals surface area contributed by atoms with E-state index in [4.69, 9.17) is 16.6 Å². The molecule has 0 bridgehead atoms. The van der Waals surface area contributed by atoms with Crippen molar-refractivity contribution in [2.45, 2.75) is 6.92 Å². The lowest BCUT2D eigenvalue weighted by atomic mass is 10.0. The molecule has 0 fully saturated rings. The van der Waals surface area contributed by atoms with E-state index in [9.17, 15) is 9.90 Å². The van der Waals surface area contributed by atoms with Gasteiger partial charge in [0.05, 0.1) is 5.56 Å². The zero-order valence-electron chi connectivity index (χ0n) is 17.6. The van der Waals surface area contributed by atoms with Crippen LogP contribution in [0.25, 0.3) is 33.3 Å². The standard InChI is InChI=1S/C26H19N3O3S/c1-15-9-12-21-23(13-15)32-25(28-21)20-11-10-17(14-22(20)30)27-26(33)29-24(31)19-8-4-6-16-5-2-3-7-18(16)19/h2-14,30H,1H3,(H2,27,29,31,33). The Morgan fingerprint density at radius 1 is 1.00 bits per heavy atom. The first-order chi connectivity index (χ1) is 16.0. The van der Waals surface area contributed by atoms with E-state index in [2.05, 4.69) is 15.6 Å². The number of amides is 1. The molecule has 5 rings (SSSR count). The first-order valence-electron chi connectivity index (χ1n) is 10.3. The second kappa shape index (κ2) is 8.37. The number of nitrogens with one attached hydrogen (secondary N) is 2. The minimum Gasteiger partial charge on any atom is -0.507 e. The number of aromatic hydroxyl groups is 1. The van der Waals surface area contributed by atoms with Gasteiger partial charge in [0.25, 0.3) is 5.91 Å². The van der Waals surface area contributed by atoms with Gasteiger partial charge in [0.15, 0.2) is 10.7 Å². The van der Waals surface area contributed by atoms with Crippen LogP contribution in [-0.2, 0) is 0 Å². The second-order valence-electron chi connectivity index (χ2n) is 7.66. The van der Waals surface area contributed by atoms with Crippen molar-refractivity contribution >= 4 is 50.8 Å². The van der Waals surface area contributed by atoms with Crippen LogP contribution in [0, 0.1) is 6.92 Å². The maximum absolute atomic E-state index is 12.8. The second-order valence-corrected chi connectivity index (χ2v) is 8.07. The number of carbonyl (C=O) groups is 1. The Morgan fingerprint density at radius 3 is 2.67 bits per heavy atom. The number of hydrogen-bond acceptors (Lipinski definition) is 5. The monoisotopic (exact) mass is 453 g/mol. The molecule has 0 saturated carbocycles. The number of fused-ring (bicyclic) bond motifs is 2. The van der Waals surface area contributed by atoms with E-state index in [1.165, 1.54) is 6.07 Å². The third-order valence-electron chi connectivity index (χ3n) is 5.29. The van der Waals surface area contributed by atoms with Crippen LogP contribution in [0.3, 0.4) is 0 Å². The number of aryl methyl sites for hydroxylation is 1. The number of thiocarbonyl (C=S) groups is 1. The zero-order chi connectivity index (χ0) is 22.9. The quantitative estimate of drug-likeness (QED) is 0.300. The van der Waals surface area contributed by atoms with Gasteiger partial charge in [-0.1, -0.05) is 42.5 Å². The summed E-state index contributed by atoms with van der Waals surface area (Å²) >= 11 is 5.30. The molecule has 0 unspecified atom stereocenters. The lowest BCUT2D eigenvalue weighted by molar-refractivity contribution is 0.0979. The van der Waals surface area contributed by atoms with Gasteiger partial charge < -0.3 is 14.8 Å². The van der Waals surface area contributed by atoms with Gasteiger partial charge in [-0.25, -0.2) is 4.98 Å². The molecule has 0 saturated heterocycles. The van der Waals surface area contributed by atoms with Crippen molar-refractivity contribution in [3.8, 4) is 17.2 Å². The molecule has 7 heteroatoms. The summed E-state index contributed by atoms with van der Waals surface area (Å²) in [6.45, 7) is 1.97. The fraction of sp³-hybridized carbons (Fsp3) is 0.0385. The average Bonchev–Trinajstić information content (AvgIpc) is 3.21. The topological polar surface area (TPSA) is 87.4 Å². The van der Waals surface area contributed by atoms with Crippen LogP contribution in [0.2, 0.25) is 0 Å². The third-order valence-corrected chi connectivity index (χ3v) is 5.50. The van der Waals surface area contributed by atoms with E-state index in [-0.39, 0.29) is 16.8 Å². The predicted octanol–water partition coefficient (Wildman–Crippen LogP) is 5.79. The van der Waals surface area contributed by atoms with Crippen LogP contribution in [0.4, 0.5) is 5.69 Å². The van der Waals surface area contributed by atoms with E-state index >= 15 is 0 Å². The molecular weight excluding hydrogens is 434 g/mol. The molecule has 3 N–H and O–H groups in total. The molecule has 0 radical (unpaired) electrons. The van der Waals surface area contributed by atoms with Crippen molar-refractivity contribution < 1.29 is 14.3 Å². The smallest absolute Gasteiger partial charge is 0.258 e. The van der Waals surface area contributed by atoms with E-state index in [1.54, 1.807) is 18.2 Å². The maximum Gasteiger partial charge on any atom is 0.258 e. The molecule has 6 nitrogen and oxygen atoms in total. The summed E-state index contributed by atoms with van der Waals surface area (Å²) in [5.41, 5.74) is 3.94. The van der Waals surface area contributed by atoms with Crippen LogP contribution < -0.4 is 10.6 Å². The van der Waals surface area contributed by atoms with Crippen molar-refractivity contribution in [1.82, 2.24) is 10.3 Å². The first-order valence-corrected chi connectivity index (χ1v) is 10.7. The number of nitrogens with zero attached hydrogens (tertiary/aromatic N) is 1. The highest BCUT2D eigenvalue weighted by atomic mass is 32.1. The number of aromatic nitrogens is 1. The molecule has 0 aliphatic carbocycles. The van der Waals surface area contributed by atoms with Gasteiger partial charge in [-0.3, -0.25) is 10.1 Å². The Labute approximate surface area is 194 Å². The summed E-state index contributed by atoms with van der Waals surface area (Å²) in [4.78, 5) is 17.2. The van der Waals surface area contributed by atoms with Crippen LogP contribution in [-0.4, -0.2) is 21.1 Å². The van der Waals surface area contributed by atoms with Gasteiger partial charge in [-0.05, 0) is 65.8 Å². The molecule has 1 aromatic heterocycles. The van der Waals surface area contributed by atoms with Crippen molar-refractivity contribution in [2.24, 2.45) is 0 Å². The highest BCUT2D eigenvalue weighted by Crippen LogP contribution is 2.33. The van der Waals surface area contributed by atoms with Gasteiger partial charge in [0, 0.05) is 17.3 Å². The first kappa shape index (κ1) is 20.7. The normalized spacial score (nSPS) is 10.9. The Morgan fingerprint density at radius 2 is 1.82 bits per heavy atom. The molecular formula is C26H19N3O3S. The van der Waals surface area contributed by atoms with Gasteiger partial charge in [0.1, 0.15) is 11.3 Å². The van der Waals surface area contributed by atoms with E-state index in [1.807, 2.05) is 61.5 Å². The van der Waals surface area contributed by atoms with Crippen LogP contribution in [0.5, 0.6) is 5.75 Å². The molecule has 33 heavy (non-hydrogen) atoms. The van der Waals surface area contributed by atoms with Crippen LogP contribution in [0.15, 0.2) is 83.3 Å². The van der Waals surface area contributed by atoms with Crippen molar-refractivity contribution in [2.75, 3.05) is 5.32 Å². The minimum atomic E-state index is -0.313. The SMILES string of the molecule is Cc1ccc2nc(-c3ccc(NC(=S)NC(=O)c4cccc5ccccc45)cc3O)oc2c1. The molecule has 5 aromatic rings. The largest absolute Gasteiger partial charge is 0.507 e. The summed E-state index contributed by atoms with van der Waals surface area (Å²) in [6, 6.07) is 23.8. The number of oxazole rings is 1. The fourth-order valence-corrected chi connectivity index (χ4v) is 3.90. The average molecular weight is 454 g/mol. The molecule has 0 aliphatic rings. The number of phenolic OH excluding ortho intramolecular Hbond substituents is 1. The number of hydrogen-bond donors (Lipinski definition) is 3. The van der Waals surface area contributed by atoms with E-state index < -0.39 is 0 Å². The molecule has 4 aromatic carbocycles. The molecule has 0 aliphatic heterocycles. The number of phenols is 1. The molecule has 162 valence electrons. The van der Waals surface area contributed by atoms with Gasteiger partial charge >= 0.3 is 0 Å². The fourth-order valence-electron chi connectivity index (χ4n) is 3.69. The molecule has 0 spiro atoms. The zero-order valence-corrected chi connectivity index (χ0v) is 18.4. The van der Waals surface area contributed by atoms with E-state index in [0.717, 1.165) is 21.9 Å². The Bertz CT molecular complexity index is 1540. The Kier molecular flexibility index (Phi) is 5.24. The predicted molar refractivity (Wildman–Crippen MR) is 133 cm³/mol. The van der Waals surface area contributed by atoms with Crippen LogP contribution >= 0.6 is 12.2 Å². The van der Waals surface area contributed by atoms with Crippen molar-refractivity contribution in [1.29, 1.82) is 0 Å². The van der Waals surface area contributed by atoms with Crippen LogP contribution in [0.1, 0.15) is 15.9 Å². The maximum atomic E-state index is 12.8. The number of carbonyl (C=O) groups excluding carboxylic acids is 1. The summed E-state index contributed by atoms with van der Waals surface area (Å²) in [5.74, 6) is -0.00939. The molecule has 0 atom stereocenters. The van der Waals surface area contributed by atoms with E-state index in [0.29, 0.717) is 28.3 Å².